The van der Waals surface area contributed by atoms with Gasteiger partial charge in [0.05, 0.1) is 0 Å². The molecule has 0 spiro atoms. The van der Waals surface area contributed by atoms with Crippen LogP contribution in [0.15, 0.2) is 35.7 Å². The van der Waals surface area contributed by atoms with Gasteiger partial charge in [0.2, 0.25) is 0 Å². The third-order valence-electron chi connectivity index (χ3n) is 1.23. The molecule has 1 aromatic rings. The van der Waals surface area contributed by atoms with Crippen LogP contribution in [0, 0.1) is 0 Å². The van der Waals surface area contributed by atoms with Crippen LogP contribution in [0.1, 0.15) is 5.56 Å². The zero-order valence-electron chi connectivity index (χ0n) is 8.55. The topological polar surface area (TPSA) is 57.2 Å². The first-order valence-corrected chi connectivity index (χ1v) is 4.74. The number of rotatable bonds is 2. The van der Waals surface area contributed by atoms with Gasteiger partial charge in [-0.2, -0.15) is 0 Å². The smallest absolute Gasteiger partial charge is 1.00 e. The summed E-state index contributed by atoms with van der Waals surface area (Å²) < 4.78 is 30.5. The Bertz CT molecular complexity index is 378. The molecule has 0 fully saturated rings. The largest absolute Gasteiger partial charge is 1.00 e. The molecule has 0 radical (unpaired) electrons. The van der Waals surface area contributed by atoms with Crippen molar-refractivity contribution < 1.29 is 84.5 Å². The first kappa shape index (κ1) is 21.4. The van der Waals surface area contributed by atoms with Gasteiger partial charge in [0.1, 0.15) is 10.1 Å². The van der Waals surface area contributed by atoms with Crippen molar-refractivity contribution in [3.63, 3.8) is 0 Å². The van der Waals surface area contributed by atoms with Gasteiger partial charge in [-0.3, -0.25) is 0 Å². The van der Waals surface area contributed by atoms with Crippen LogP contribution in [0.25, 0.3) is 6.08 Å². The summed E-state index contributed by atoms with van der Waals surface area (Å²) in [4.78, 5) is 0. The fraction of sp³-hybridized carbons (Fsp3) is 0. The molecule has 0 aliphatic carbocycles. The number of hydrogen-bond acceptors (Lipinski definition) is 3. The molecular weight excluding hydrogens is 258 g/mol. The summed E-state index contributed by atoms with van der Waals surface area (Å²) in [5.74, 6) is 0. The van der Waals surface area contributed by atoms with Crippen molar-refractivity contribution >= 4 is 16.2 Å². The third kappa shape index (κ3) is 11.4. The molecule has 1 rings (SSSR count). The summed E-state index contributed by atoms with van der Waals surface area (Å²) in [6, 6.07) is 8.75. The molecule has 72 valence electrons. The minimum Gasteiger partial charge on any atom is -1.00 e. The van der Waals surface area contributed by atoms with Crippen LogP contribution in [0.3, 0.4) is 0 Å². The Labute approximate surface area is 140 Å². The molecule has 0 aliphatic rings. The first-order valence-electron chi connectivity index (χ1n) is 3.27. The van der Waals surface area contributed by atoms with E-state index in [2.05, 4.69) is 0 Å². The summed E-state index contributed by atoms with van der Waals surface area (Å²) in [6.45, 7) is 0. The Morgan fingerprint density at radius 1 is 1.07 bits per heavy atom. The molecule has 0 aliphatic heterocycles. The predicted molar refractivity (Wildman–Crippen MR) is 45.2 cm³/mol. The quantitative estimate of drug-likeness (QED) is 0.394. The maximum absolute atomic E-state index is 10.2. The van der Waals surface area contributed by atoms with Gasteiger partial charge in [0.15, 0.2) is 0 Å². The van der Waals surface area contributed by atoms with Crippen LogP contribution in [0.4, 0.5) is 0 Å². The molecule has 0 aromatic heterocycles. The van der Waals surface area contributed by atoms with Gasteiger partial charge < -0.3 is 17.0 Å². The van der Waals surface area contributed by atoms with E-state index in [1.807, 2.05) is 6.07 Å². The molecule has 15 heavy (non-hydrogen) atoms. The Hall–Kier alpha value is 1.16. The van der Waals surface area contributed by atoms with Crippen LogP contribution < -0.4 is 71.5 Å². The molecule has 1 aromatic carbocycles. The molecule has 0 bridgehead atoms. The Balaban J connectivity index is -0.000000480. The van der Waals surface area contributed by atoms with E-state index in [1.54, 1.807) is 24.3 Å². The van der Waals surface area contributed by atoms with Gasteiger partial charge in [-0.15, -0.1) is 0 Å². The summed E-state index contributed by atoms with van der Waals surface area (Å²) in [5.41, 5.74) is 0.692. The van der Waals surface area contributed by atoms with Gasteiger partial charge in [0, 0.05) is 5.41 Å². The van der Waals surface area contributed by atoms with Crippen LogP contribution in [0.5, 0.6) is 0 Å². The molecule has 3 nitrogen and oxygen atoms in total. The number of hydrogen-bond donors (Lipinski definition) is 0. The van der Waals surface area contributed by atoms with Gasteiger partial charge in [-0.1, -0.05) is 30.3 Å². The molecule has 0 amide bonds. The molecule has 0 saturated heterocycles. The van der Waals surface area contributed by atoms with E-state index < -0.39 is 10.1 Å². The van der Waals surface area contributed by atoms with Crippen LogP contribution in [0.2, 0.25) is 0 Å². The standard InChI is InChI=1S/C8H8O3S.ClH.2Na/c9-12(10,11)7-6-8-4-2-1-3-5-8;;;/h1-7H,(H,9,10,11);1H;;/q;;2*+1/p-2. The maximum atomic E-state index is 10.2. The van der Waals surface area contributed by atoms with E-state index in [4.69, 9.17) is 0 Å². The zero-order chi connectivity index (χ0) is 9.03. The van der Waals surface area contributed by atoms with Gasteiger partial charge in [-0.05, 0) is 11.6 Å². The van der Waals surface area contributed by atoms with Gasteiger partial charge in [0.25, 0.3) is 0 Å². The van der Waals surface area contributed by atoms with Crippen molar-refractivity contribution in [2.24, 2.45) is 0 Å². The maximum Gasteiger partial charge on any atom is 1.00 e. The molecule has 0 unspecified atom stereocenters. The van der Waals surface area contributed by atoms with Crippen molar-refractivity contribution in [2.45, 2.75) is 0 Å². The molecule has 0 saturated carbocycles. The average Bonchev–Trinajstić information content (AvgIpc) is 2.02. The minimum atomic E-state index is -4.25. The van der Waals surface area contributed by atoms with Crippen LogP contribution >= 0.6 is 0 Å². The Morgan fingerprint density at radius 2 is 1.53 bits per heavy atom. The van der Waals surface area contributed by atoms with Gasteiger partial charge in [-0.25, -0.2) is 8.42 Å². The van der Waals surface area contributed by atoms with Crippen molar-refractivity contribution in [3.05, 3.63) is 41.3 Å². The summed E-state index contributed by atoms with van der Waals surface area (Å²) >= 11 is 0. The van der Waals surface area contributed by atoms with E-state index in [0.29, 0.717) is 11.0 Å². The van der Waals surface area contributed by atoms with Crippen LogP contribution in [-0.2, 0) is 10.1 Å². The van der Waals surface area contributed by atoms with E-state index in [-0.39, 0.29) is 71.5 Å². The van der Waals surface area contributed by atoms with E-state index in [0.717, 1.165) is 0 Å². The molecule has 7 heteroatoms. The second-order valence-corrected chi connectivity index (χ2v) is 3.46. The molecular formula is C8H7ClNa2O3S. The fourth-order valence-electron chi connectivity index (χ4n) is 0.726. The van der Waals surface area contributed by atoms with E-state index >= 15 is 0 Å². The van der Waals surface area contributed by atoms with Gasteiger partial charge >= 0.3 is 59.1 Å². The molecule has 0 atom stereocenters. The Kier molecular flexibility index (Phi) is 14.8. The van der Waals surface area contributed by atoms with Crippen molar-refractivity contribution in [1.82, 2.24) is 0 Å². The van der Waals surface area contributed by atoms with E-state index in [9.17, 15) is 13.0 Å². The number of benzene rings is 1. The zero-order valence-corrected chi connectivity index (χ0v) is 14.1. The predicted octanol–water partition coefficient (Wildman–Crippen LogP) is -7.79. The average molecular weight is 265 g/mol. The first-order chi connectivity index (χ1) is 5.58. The van der Waals surface area contributed by atoms with Crippen LogP contribution in [-0.4, -0.2) is 13.0 Å². The number of halogens is 1. The summed E-state index contributed by atoms with van der Waals surface area (Å²) in [5, 5.41) is 0.641. The second kappa shape index (κ2) is 10.3. The second-order valence-electron chi connectivity index (χ2n) is 2.21. The van der Waals surface area contributed by atoms with Crippen molar-refractivity contribution in [2.75, 3.05) is 0 Å². The van der Waals surface area contributed by atoms with Crippen molar-refractivity contribution in [1.29, 1.82) is 0 Å². The molecule has 0 heterocycles. The normalized spacial score (nSPS) is 9.67. The molecule has 0 N–H and O–H groups in total. The monoisotopic (exact) mass is 264 g/mol. The summed E-state index contributed by atoms with van der Waals surface area (Å²) in [7, 11) is -4.25. The minimum absolute atomic E-state index is 0. The SMILES string of the molecule is O=S(=O)([O-])C=Cc1ccccc1.[Cl-].[Na+].[Na+]. The fourth-order valence-corrected chi connectivity index (χ4v) is 1.05. The third-order valence-corrected chi connectivity index (χ3v) is 1.70. The summed E-state index contributed by atoms with van der Waals surface area (Å²) in [6.07, 6.45) is 1.27. The van der Waals surface area contributed by atoms with E-state index in [1.165, 1.54) is 6.08 Å². The Morgan fingerprint density at radius 3 is 1.93 bits per heavy atom. The van der Waals surface area contributed by atoms with Crippen molar-refractivity contribution in [3.8, 4) is 0 Å².